The minimum Gasteiger partial charge on any atom is -0.469 e. The number of hydrogen-bond acceptors (Lipinski definition) is 12. The van der Waals surface area contributed by atoms with Gasteiger partial charge in [-0.1, -0.05) is 0 Å². The minimum absolute atomic E-state index is 0.0334. The molecule has 46 heavy (non-hydrogen) atoms. The molecule has 0 bridgehead atoms. The number of esters is 2. The zero-order chi connectivity index (χ0) is 33.8. The Morgan fingerprint density at radius 3 is 2.15 bits per heavy atom. The molecule has 3 heterocycles. The average Bonchev–Trinajstić information content (AvgIpc) is 2.96. The van der Waals surface area contributed by atoms with Gasteiger partial charge in [-0.2, -0.15) is 0 Å². The largest absolute Gasteiger partial charge is 0.469 e. The highest BCUT2D eigenvalue weighted by atomic mass is 16.7. The zero-order valence-corrected chi connectivity index (χ0v) is 26.8. The van der Waals surface area contributed by atoms with Crippen LogP contribution in [0.25, 0.3) is 0 Å². The lowest BCUT2D eigenvalue weighted by atomic mass is 9.66. The van der Waals surface area contributed by atoms with E-state index in [9.17, 15) is 33.9 Å². The molecule has 1 spiro atoms. The lowest BCUT2D eigenvalue weighted by molar-refractivity contribution is -0.254. The Morgan fingerprint density at radius 2 is 1.57 bits per heavy atom. The molecular formula is C34H38O12. The van der Waals surface area contributed by atoms with Gasteiger partial charge in [-0.05, 0) is 65.0 Å². The normalized spacial score (nSPS) is 31.6. The molecule has 0 aromatic rings. The topological polar surface area (TPSA) is 169 Å². The monoisotopic (exact) mass is 638 g/mol. The highest BCUT2D eigenvalue weighted by molar-refractivity contribution is 6.37. The third-order valence-corrected chi connectivity index (χ3v) is 8.91. The van der Waals surface area contributed by atoms with Crippen LogP contribution in [0.5, 0.6) is 0 Å². The van der Waals surface area contributed by atoms with Gasteiger partial charge in [0.05, 0.1) is 29.6 Å². The van der Waals surface area contributed by atoms with Crippen LogP contribution in [0.4, 0.5) is 0 Å². The van der Waals surface area contributed by atoms with Crippen LogP contribution in [-0.2, 0) is 52.5 Å². The molecule has 5 atom stereocenters. The molecule has 12 heteroatoms. The van der Waals surface area contributed by atoms with E-state index in [4.69, 9.17) is 23.7 Å². The summed E-state index contributed by atoms with van der Waals surface area (Å²) < 4.78 is 28.7. The molecule has 0 aromatic carbocycles. The van der Waals surface area contributed by atoms with Crippen LogP contribution < -0.4 is 0 Å². The van der Waals surface area contributed by atoms with Crippen LogP contribution in [0.15, 0.2) is 57.8 Å². The number of aliphatic hydroxyl groups excluding tert-OH is 1. The highest BCUT2D eigenvalue weighted by Crippen LogP contribution is 2.50. The molecule has 2 aliphatic carbocycles. The first-order valence-corrected chi connectivity index (χ1v) is 15.4. The van der Waals surface area contributed by atoms with Gasteiger partial charge in [0, 0.05) is 49.8 Å². The van der Waals surface area contributed by atoms with Gasteiger partial charge in [0.15, 0.2) is 0 Å². The predicted molar refractivity (Wildman–Crippen MR) is 158 cm³/mol. The van der Waals surface area contributed by atoms with E-state index < -0.39 is 58.2 Å². The van der Waals surface area contributed by atoms with Crippen molar-refractivity contribution < 1.29 is 57.6 Å². The number of carbonyl (C=O) groups excluding carboxylic acids is 6. The molecule has 1 N–H and O–H groups in total. The molecule has 246 valence electrons. The maximum absolute atomic E-state index is 14.6. The fraction of sp³-hybridized carbons (Fsp3) is 0.529. The van der Waals surface area contributed by atoms with E-state index in [1.165, 1.54) is 12.3 Å². The van der Waals surface area contributed by atoms with Crippen LogP contribution in [0, 0.1) is 0 Å². The van der Waals surface area contributed by atoms with Crippen LogP contribution in [0.2, 0.25) is 0 Å². The first-order chi connectivity index (χ1) is 21.5. The molecule has 0 amide bonds. The molecule has 1 saturated heterocycles. The van der Waals surface area contributed by atoms with Crippen molar-refractivity contribution in [1.82, 2.24) is 0 Å². The number of ketones is 4. The molecular weight excluding hydrogens is 600 g/mol. The number of ether oxygens (including phenoxy) is 5. The van der Waals surface area contributed by atoms with Gasteiger partial charge in [-0.25, -0.2) is 0 Å². The number of carbonyl (C=O) groups is 6. The van der Waals surface area contributed by atoms with Crippen molar-refractivity contribution in [3.05, 3.63) is 57.8 Å². The Kier molecular flexibility index (Phi) is 8.58. The maximum Gasteiger partial charge on any atom is 0.304 e. The summed E-state index contributed by atoms with van der Waals surface area (Å²) in [5.74, 6) is -6.39. The smallest absolute Gasteiger partial charge is 0.304 e. The van der Waals surface area contributed by atoms with Crippen molar-refractivity contribution in [2.24, 2.45) is 0 Å². The molecule has 5 unspecified atom stereocenters. The standard InChI is InChI=1S/C34H38O12/c1-17(35)9-7-11-21-13-22-24(15-42-21)28(38)32(5,45-19(3)36)30(40)26(22)27-23-14-34(12-8-10-18(2)44-34)43-16-25(23)29(39)33(6,31(27)41)46-20(4)37/h13,15-18,35H,7-12,14H2,1-6H3. The predicted octanol–water partition coefficient (Wildman–Crippen LogP) is 3.47. The second-order valence-electron chi connectivity index (χ2n) is 12.8. The van der Waals surface area contributed by atoms with Crippen molar-refractivity contribution in [1.29, 1.82) is 0 Å². The highest BCUT2D eigenvalue weighted by Gasteiger charge is 2.60. The van der Waals surface area contributed by atoms with Crippen molar-refractivity contribution in [2.45, 2.75) is 116 Å². The Hall–Kier alpha value is -4.16. The lowest BCUT2D eigenvalue weighted by Gasteiger charge is -2.45. The summed E-state index contributed by atoms with van der Waals surface area (Å²) in [6.07, 6.45) is 6.14. The summed E-state index contributed by atoms with van der Waals surface area (Å²) >= 11 is 0. The van der Waals surface area contributed by atoms with E-state index in [2.05, 4.69) is 0 Å². The van der Waals surface area contributed by atoms with E-state index in [-0.39, 0.29) is 46.0 Å². The van der Waals surface area contributed by atoms with Crippen LogP contribution in [0.3, 0.4) is 0 Å². The molecule has 12 nitrogen and oxygen atoms in total. The van der Waals surface area contributed by atoms with E-state index in [0.717, 1.165) is 46.8 Å². The Labute approximate surface area is 266 Å². The van der Waals surface area contributed by atoms with Gasteiger partial charge in [0.2, 0.25) is 40.1 Å². The number of fused-ring (bicyclic) bond motifs is 2. The summed E-state index contributed by atoms with van der Waals surface area (Å²) in [6.45, 7) is 7.91. The Balaban J connectivity index is 1.81. The van der Waals surface area contributed by atoms with Crippen molar-refractivity contribution in [3.8, 4) is 0 Å². The first kappa shape index (κ1) is 33.2. The number of aliphatic hydroxyl groups is 1. The quantitative estimate of drug-likeness (QED) is 0.319. The van der Waals surface area contributed by atoms with Gasteiger partial charge in [0.25, 0.3) is 0 Å². The zero-order valence-electron chi connectivity index (χ0n) is 26.8. The van der Waals surface area contributed by atoms with E-state index in [1.807, 2.05) is 6.92 Å². The second kappa shape index (κ2) is 11.9. The van der Waals surface area contributed by atoms with Gasteiger partial charge in [-0.3, -0.25) is 28.8 Å². The average molecular weight is 639 g/mol. The molecule has 3 aliphatic heterocycles. The second-order valence-corrected chi connectivity index (χ2v) is 12.8. The Bertz CT molecular complexity index is 1600. The van der Waals surface area contributed by atoms with Crippen molar-refractivity contribution in [2.75, 3.05) is 0 Å². The van der Waals surface area contributed by atoms with E-state index in [1.54, 1.807) is 6.92 Å². The van der Waals surface area contributed by atoms with E-state index in [0.29, 0.717) is 31.4 Å². The summed E-state index contributed by atoms with van der Waals surface area (Å²) in [7, 11) is 0. The van der Waals surface area contributed by atoms with Crippen LogP contribution in [0.1, 0.15) is 86.5 Å². The SMILES string of the molecule is CC(=O)OC1(C)C(=O)C2=COC(CCCC(C)O)=CC2=C(C2=C3CC4(CCCC(C)O4)OC=C3C(=O)C(C)(OC(C)=O)C2=O)C1=O. The van der Waals surface area contributed by atoms with Crippen molar-refractivity contribution >= 4 is 35.1 Å². The molecule has 5 rings (SSSR count). The van der Waals surface area contributed by atoms with Crippen LogP contribution in [-0.4, -0.2) is 69.4 Å². The number of rotatable bonds is 7. The fourth-order valence-electron chi connectivity index (χ4n) is 6.70. The van der Waals surface area contributed by atoms with Gasteiger partial charge < -0.3 is 28.8 Å². The minimum atomic E-state index is -2.38. The molecule has 1 fully saturated rings. The third kappa shape index (κ3) is 5.57. The Morgan fingerprint density at radius 1 is 0.957 bits per heavy atom. The first-order valence-electron chi connectivity index (χ1n) is 15.4. The summed E-state index contributed by atoms with van der Waals surface area (Å²) in [6, 6.07) is 0. The molecule has 0 aromatic heterocycles. The molecule has 0 radical (unpaired) electrons. The number of allylic oxidation sites excluding steroid dienone is 3. The van der Waals surface area contributed by atoms with Gasteiger partial charge in [0.1, 0.15) is 12.0 Å². The maximum atomic E-state index is 14.6. The molecule has 5 aliphatic rings. The van der Waals surface area contributed by atoms with E-state index >= 15 is 0 Å². The number of Topliss-reactive ketones (excluding diaryl/α,β-unsaturated/α-hetero) is 4. The van der Waals surface area contributed by atoms with Crippen LogP contribution >= 0.6 is 0 Å². The summed E-state index contributed by atoms with van der Waals surface area (Å²) in [4.78, 5) is 81.3. The third-order valence-electron chi connectivity index (χ3n) is 8.91. The summed E-state index contributed by atoms with van der Waals surface area (Å²) in [5.41, 5.74) is -5.36. The van der Waals surface area contributed by atoms with Crippen molar-refractivity contribution in [3.63, 3.8) is 0 Å². The van der Waals surface area contributed by atoms with Gasteiger partial charge >= 0.3 is 11.9 Å². The molecule has 0 saturated carbocycles. The number of hydrogen-bond donors (Lipinski definition) is 1. The lowest BCUT2D eigenvalue weighted by Crippen LogP contribution is -2.57. The van der Waals surface area contributed by atoms with Gasteiger partial charge in [-0.15, -0.1) is 0 Å². The summed E-state index contributed by atoms with van der Waals surface area (Å²) in [5, 5.41) is 9.73. The fourth-order valence-corrected chi connectivity index (χ4v) is 6.70.